The molecule has 1 aliphatic heterocycles. The molecule has 0 aromatic rings. The van der Waals surface area contributed by atoms with Crippen molar-refractivity contribution >= 4 is 0 Å². The third kappa shape index (κ3) is 1.71. The van der Waals surface area contributed by atoms with Crippen molar-refractivity contribution in [1.29, 1.82) is 0 Å². The Morgan fingerprint density at radius 3 is 2.08 bits per heavy atom. The quantitative estimate of drug-likeness (QED) is 0.663. The molecule has 0 radical (unpaired) electrons. The first-order valence-corrected chi connectivity index (χ1v) is 4.70. The van der Waals surface area contributed by atoms with E-state index in [2.05, 4.69) is 39.6 Å². The van der Waals surface area contributed by atoms with Gasteiger partial charge in [-0.25, -0.2) is 0 Å². The lowest BCUT2D eigenvalue weighted by Gasteiger charge is -2.12. The zero-order valence-corrected chi connectivity index (χ0v) is 8.57. The molecule has 0 spiro atoms. The van der Waals surface area contributed by atoms with Gasteiger partial charge in [-0.2, -0.15) is 0 Å². The van der Waals surface area contributed by atoms with Gasteiger partial charge >= 0.3 is 0 Å². The van der Waals surface area contributed by atoms with E-state index in [-0.39, 0.29) is 0 Å². The van der Waals surface area contributed by atoms with Crippen LogP contribution < -0.4 is 5.32 Å². The van der Waals surface area contributed by atoms with Gasteiger partial charge in [-0.15, -0.1) is 0 Å². The monoisotopic (exact) mass is 165 g/mol. The topological polar surface area (TPSA) is 12.0 Å². The van der Waals surface area contributed by atoms with Gasteiger partial charge in [0.1, 0.15) is 0 Å². The Hall–Kier alpha value is -0.720. The van der Waals surface area contributed by atoms with Crippen LogP contribution in [0.4, 0.5) is 0 Å². The maximum Gasteiger partial charge on any atom is 0.0172 e. The van der Waals surface area contributed by atoms with Crippen LogP contribution in [0.3, 0.4) is 0 Å². The number of allylic oxidation sites excluding steroid dienone is 2. The van der Waals surface area contributed by atoms with Gasteiger partial charge in [-0.05, 0) is 17.4 Å². The molecule has 0 saturated carbocycles. The fourth-order valence-electron chi connectivity index (χ4n) is 1.67. The molecule has 68 valence electrons. The van der Waals surface area contributed by atoms with E-state index in [1.165, 1.54) is 11.3 Å². The van der Waals surface area contributed by atoms with E-state index in [1.54, 1.807) is 0 Å². The molecule has 0 amide bonds. The first-order valence-electron chi connectivity index (χ1n) is 4.70. The highest BCUT2D eigenvalue weighted by Crippen LogP contribution is 2.30. The van der Waals surface area contributed by atoms with E-state index in [9.17, 15) is 0 Å². The SMILES string of the molecule is C=C1CC(C(C)C)=C(C(C)C)N1. The lowest BCUT2D eigenvalue weighted by Crippen LogP contribution is -2.11. The molecule has 1 heterocycles. The molecule has 0 atom stereocenters. The molecule has 1 heteroatoms. The molecule has 0 aromatic heterocycles. The smallest absolute Gasteiger partial charge is 0.0172 e. The van der Waals surface area contributed by atoms with Crippen molar-refractivity contribution in [2.45, 2.75) is 34.1 Å². The summed E-state index contributed by atoms with van der Waals surface area (Å²) < 4.78 is 0. The van der Waals surface area contributed by atoms with Crippen molar-refractivity contribution in [3.05, 3.63) is 23.5 Å². The number of nitrogens with one attached hydrogen (secondary N) is 1. The van der Waals surface area contributed by atoms with E-state index in [0.29, 0.717) is 11.8 Å². The zero-order chi connectivity index (χ0) is 9.30. The highest BCUT2D eigenvalue weighted by Gasteiger charge is 2.20. The Morgan fingerprint density at radius 2 is 1.75 bits per heavy atom. The maximum atomic E-state index is 3.97. The van der Waals surface area contributed by atoms with Crippen LogP contribution in [0.1, 0.15) is 34.1 Å². The van der Waals surface area contributed by atoms with Gasteiger partial charge in [0.15, 0.2) is 0 Å². The highest BCUT2D eigenvalue weighted by molar-refractivity contribution is 5.31. The van der Waals surface area contributed by atoms with Crippen LogP contribution in [0.15, 0.2) is 23.5 Å². The standard InChI is InChI=1S/C11H19N/c1-7(2)10-6-9(5)12-11(10)8(3)4/h7-8,12H,5-6H2,1-4H3. The van der Waals surface area contributed by atoms with E-state index in [4.69, 9.17) is 0 Å². The minimum absolute atomic E-state index is 0.599. The van der Waals surface area contributed by atoms with Gasteiger partial charge in [-0.3, -0.25) is 0 Å². The van der Waals surface area contributed by atoms with E-state index in [1.807, 2.05) is 0 Å². The third-order valence-corrected chi connectivity index (χ3v) is 2.34. The van der Waals surface area contributed by atoms with Crippen LogP contribution >= 0.6 is 0 Å². The molecule has 1 aliphatic rings. The van der Waals surface area contributed by atoms with Crippen LogP contribution in [-0.2, 0) is 0 Å². The summed E-state index contributed by atoms with van der Waals surface area (Å²) in [4.78, 5) is 0. The first-order chi connectivity index (χ1) is 5.52. The predicted molar refractivity (Wildman–Crippen MR) is 53.6 cm³/mol. The second-order valence-electron chi connectivity index (χ2n) is 4.15. The Bertz CT molecular complexity index is 199. The number of hydrogen-bond donors (Lipinski definition) is 1. The molecular formula is C11H19N. The number of rotatable bonds is 2. The van der Waals surface area contributed by atoms with Gasteiger partial charge < -0.3 is 5.32 Å². The number of hydrogen-bond acceptors (Lipinski definition) is 1. The van der Waals surface area contributed by atoms with Crippen LogP contribution in [0.25, 0.3) is 0 Å². The van der Waals surface area contributed by atoms with Gasteiger partial charge in [-0.1, -0.05) is 34.3 Å². The van der Waals surface area contributed by atoms with Gasteiger partial charge in [0.25, 0.3) is 0 Å². The summed E-state index contributed by atoms with van der Waals surface area (Å²) >= 11 is 0. The molecule has 0 aliphatic carbocycles. The summed E-state index contributed by atoms with van der Waals surface area (Å²) in [6, 6.07) is 0. The molecule has 1 nitrogen and oxygen atoms in total. The highest BCUT2D eigenvalue weighted by atomic mass is 14.9. The average Bonchev–Trinajstić information content (AvgIpc) is 2.31. The van der Waals surface area contributed by atoms with Crippen molar-refractivity contribution in [2.24, 2.45) is 11.8 Å². The largest absolute Gasteiger partial charge is 0.362 e. The normalized spacial score (nSPS) is 18.0. The molecule has 12 heavy (non-hydrogen) atoms. The lowest BCUT2D eigenvalue weighted by atomic mass is 9.96. The summed E-state index contributed by atoms with van der Waals surface area (Å²) in [6.07, 6.45) is 1.05. The van der Waals surface area contributed by atoms with Gasteiger partial charge in [0, 0.05) is 17.8 Å². The second-order valence-corrected chi connectivity index (χ2v) is 4.15. The molecule has 0 bridgehead atoms. The molecule has 0 unspecified atom stereocenters. The maximum absolute atomic E-state index is 3.97. The Kier molecular flexibility index (Phi) is 2.61. The van der Waals surface area contributed by atoms with Crippen molar-refractivity contribution in [1.82, 2.24) is 5.32 Å². The molecule has 0 aromatic carbocycles. The van der Waals surface area contributed by atoms with E-state index >= 15 is 0 Å². The fourth-order valence-corrected chi connectivity index (χ4v) is 1.67. The zero-order valence-electron chi connectivity index (χ0n) is 8.57. The molecule has 0 fully saturated rings. The minimum atomic E-state index is 0.599. The van der Waals surface area contributed by atoms with Crippen LogP contribution in [0.5, 0.6) is 0 Å². The van der Waals surface area contributed by atoms with E-state index in [0.717, 1.165) is 12.1 Å². The van der Waals surface area contributed by atoms with Crippen LogP contribution in [0, 0.1) is 11.8 Å². The van der Waals surface area contributed by atoms with Crippen molar-refractivity contribution < 1.29 is 0 Å². The second kappa shape index (κ2) is 3.34. The average molecular weight is 165 g/mol. The summed E-state index contributed by atoms with van der Waals surface area (Å²) in [5.41, 5.74) is 4.09. The van der Waals surface area contributed by atoms with Crippen molar-refractivity contribution in [2.75, 3.05) is 0 Å². The Morgan fingerprint density at radius 1 is 1.17 bits per heavy atom. The minimum Gasteiger partial charge on any atom is -0.362 e. The summed E-state index contributed by atoms with van der Waals surface area (Å²) in [5.74, 6) is 1.25. The molecule has 1 rings (SSSR count). The third-order valence-electron chi connectivity index (χ3n) is 2.34. The van der Waals surface area contributed by atoms with Gasteiger partial charge in [0.05, 0.1) is 0 Å². The summed E-state index contributed by atoms with van der Waals surface area (Å²) in [6.45, 7) is 12.9. The fraction of sp³-hybridized carbons (Fsp3) is 0.636. The summed E-state index contributed by atoms with van der Waals surface area (Å²) in [5, 5.41) is 3.37. The van der Waals surface area contributed by atoms with Crippen LogP contribution in [0.2, 0.25) is 0 Å². The van der Waals surface area contributed by atoms with Crippen LogP contribution in [-0.4, -0.2) is 0 Å². The molecule has 0 saturated heterocycles. The van der Waals surface area contributed by atoms with Gasteiger partial charge in [0.2, 0.25) is 0 Å². The Balaban J connectivity index is 2.88. The van der Waals surface area contributed by atoms with E-state index < -0.39 is 0 Å². The lowest BCUT2D eigenvalue weighted by molar-refractivity contribution is 0.676. The predicted octanol–water partition coefficient (Wildman–Crippen LogP) is 3.06. The molecular weight excluding hydrogens is 146 g/mol. The summed E-state index contributed by atoms with van der Waals surface area (Å²) in [7, 11) is 0. The van der Waals surface area contributed by atoms with Crippen molar-refractivity contribution in [3.63, 3.8) is 0 Å². The van der Waals surface area contributed by atoms with Crippen molar-refractivity contribution in [3.8, 4) is 0 Å². The first kappa shape index (κ1) is 9.37. The Labute approximate surface area is 75.6 Å². The molecule has 1 N–H and O–H groups in total.